The van der Waals surface area contributed by atoms with Gasteiger partial charge in [0.05, 0.1) is 5.00 Å². The Labute approximate surface area is 128 Å². The highest BCUT2D eigenvalue weighted by molar-refractivity contribution is 7.14. The van der Waals surface area contributed by atoms with E-state index in [1.807, 2.05) is 6.92 Å². The summed E-state index contributed by atoms with van der Waals surface area (Å²) < 4.78 is 24.5. The summed E-state index contributed by atoms with van der Waals surface area (Å²) in [6.45, 7) is 4.10. The molecule has 0 aromatic carbocycles. The smallest absolute Gasteiger partial charge is 0.257 e. The predicted octanol–water partition coefficient (Wildman–Crippen LogP) is 2.54. The number of thiophene rings is 1. The molecule has 1 saturated heterocycles. The lowest BCUT2D eigenvalue weighted by Crippen LogP contribution is -2.48. The summed E-state index contributed by atoms with van der Waals surface area (Å²) in [7, 11) is 0. The molecule has 1 fully saturated rings. The molecule has 0 unspecified atom stereocenters. The van der Waals surface area contributed by atoms with E-state index in [1.165, 1.54) is 5.00 Å². The highest BCUT2D eigenvalue weighted by atomic mass is 32.1. The van der Waals surface area contributed by atoms with Crippen LogP contribution in [-0.4, -0.2) is 44.6 Å². The number of piperidine rings is 1. The Morgan fingerprint density at radius 1 is 1.48 bits per heavy atom. The van der Waals surface area contributed by atoms with E-state index >= 15 is 0 Å². The topological polar surface area (TPSA) is 39.7 Å². The minimum Gasteiger partial charge on any atom is -0.363 e. The molecule has 0 amide bonds. The summed E-state index contributed by atoms with van der Waals surface area (Å²) in [4.78, 5) is 6.28. The molecule has 0 saturated carbocycles. The molecule has 0 atom stereocenters. The van der Waals surface area contributed by atoms with E-state index in [1.54, 1.807) is 11.3 Å². The van der Waals surface area contributed by atoms with Crippen LogP contribution in [0.25, 0.3) is 0 Å². The summed E-state index contributed by atoms with van der Waals surface area (Å²) in [6.07, 6.45) is -0.435. The van der Waals surface area contributed by atoms with Gasteiger partial charge in [-0.2, -0.15) is 0 Å². The van der Waals surface area contributed by atoms with Gasteiger partial charge in [-0.3, -0.25) is 0 Å². The lowest BCUT2D eigenvalue weighted by atomic mass is 10.1. The van der Waals surface area contributed by atoms with Gasteiger partial charge < -0.3 is 15.5 Å². The summed E-state index contributed by atoms with van der Waals surface area (Å²) in [5.74, 6) is 0.493. The fraction of sp³-hybridized carbons (Fsp3) is 0.643. The zero-order valence-corrected chi connectivity index (χ0v) is 13.0. The summed E-state index contributed by atoms with van der Waals surface area (Å²) in [6, 6.07) is 4.48. The zero-order chi connectivity index (χ0) is 15.1. The van der Waals surface area contributed by atoms with Gasteiger partial charge in [-0.1, -0.05) is 0 Å². The van der Waals surface area contributed by atoms with Crippen molar-refractivity contribution < 1.29 is 8.78 Å². The largest absolute Gasteiger partial charge is 0.363 e. The van der Waals surface area contributed by atoms with Crippen molar-refractivity contribution in [2.24, 2.45) is 4.99 Å². The molecule has 1 aromatic heterocycles. The van der Waals surface area contributed by atoms with Gasteiger partial charge in [-0.25, -0.2) is 13.8 Å². The lowest BCUT2D eigenvalue weighted by Gasteiger charge is -2.33. The highest BCUT2D eigenvalue weighted by Gasteiger charge is 2.20. The fourth-order valence-electron chi connectivity index (χ4n) is 2.37. The molecule has 4 nitrogen and oxygen atoms in total. The van der Waals surface area contributed by atoms with Crippen molar-refractivity contribution in [1.82, 2.24) is 10.6 Å². The summed E-state index contributed by atoms with van der Waals surface area (Å²) >= 11 is 1.75. The second kappa shape index (κ2) is 8.17. The maximum absolute atomic E-state index is 12.3. The molecule has 0 aliphatic carbocycles. The Hall–Kier alpha value is -1.37. The van der Waals surface area contributed by atoms with Crippen LogP contribution in [0.2, 0.25) is 0 Å². The van der Waals surface area contributed by atoms with Crippen LogP contribution >= 0.6 is 11.3 Å². The standard InChI is InChI=1S/C14H22F2N4S/c1-2-17-14(18-10-12(15)16)19-11-5-7-20(8-6-11)13-4-3-9-21-13/h3-4,9,11-12H,2,5-8,10H2,1H3,(H2,17,18,19). The quantitative estimate of drug-likeness (QED) is 0.648. The van der Waals surface area contributed by atoms with Crippen LogP contribution in [0.15, 0.2) is 22.5 Å². The van der Waals surface area contributed by atoms with Crippen molar-refractivity contribution in [2.45, 2.75) is 32.2 Å². The number of anilines is 1. The van der Waals surface area contributed by atoms with E-state index in [9.17, 15) is 8.78 Å². The number of halogens is 2. The molecule has 7 heteroatoms. The van der Waals surface area contributed by atoms with Crippen LogP contribution in [0.1, 0.15) is 19.8 Å². The van der Waals surface area contributed by atoms with Crippen molar-refractivity contribution in [3.05, 3.63) is 17.5 Å². The summed E-state index contributed by atoms with van der Waals surface area (Å²) in [5, 5.41) is 9.66. The van der Waals surface area contributed by atoms with Gasteiger partial charge in [0.25, 0.3) is 6.43 Å². The molecule has 21 heavy (non-hydrogen) atoms. The van der Waals surface area contributed by atoms with E-state index < -0.39 is 13.0 Å². The monoisotopic (exact) mass is 316 g/mol. The Morgan fingerprint density at radius 3 is 2.81 bits per heavy atom. The van der Waals surface area contributed by atoms with Gasteiger partial charge in [0, 0.05) is 25.7 Å². The van der Waals surface area contributed by atoms with Crippen LogP contribution in [0.4, 0.5) is 13.8 Å². The van der Waals surface area contributed by atoms with Crippen molar-refractivity contribution in [2.75, 3.05) is 31.1 Å². The van der Waals surface area contributed by atoms with Crippen LogP contribution in [0.5, 0.6) is 0 Å². The van der Waals surface area contributed by atoms with Gasteiger partial charge >= 0.3 is 0 Å². The van der Waals surface area contributed by atoms with Crippen LogP contribution in [0, 0.1) is 0 Å². The molecular weight excluding hydrogens is 294 g/mol. The minimum atomic E-state index is -2.40. The maximum Gasteiger partial charge on any atom is 0.257 e. The molecule has 0 bridgehead atoms. The zero-order valence-electron chi connectivity index (χ0n) is 12.2. The second-order valence-corrected chi connectivity index (χ2v) is 5.89. The minimum absolute atomic E-state index is 0.289. The summed E-state index contributed by atoms with van der Waals surface area (Å²) in [5.41, 5.74) is 0. The number of guanidine groups is 1. The molecule has 2 heterocycles. The molecular formula is C14H22F2N4S. The van der Waals surface area contributed by atoms with Gasteiger partial charge in [0.1, 0.15) is 6.54 Å². The van der Waals surface area contributed by atoms with Gasteiger partial charge in [-0.15, -0.1) is 11.3 Å². The molecule has 0 radical (unpaired) electrons. The SMILES string of the molecule is CCNC(=NCC(F)F)NC1CCN(c2cccs2)CC1. The molecule has 1 aromatic rings. The average molecular weight is 316 g/mol. The maximum atomic E-state index is 12.3. The number of alkyl halides is 2. The van der Waals surface area contributed by atoms with Crippen LogP contribution in [-0.2, 0) is 0 Å². The first-order valence-electron chi connectivity index (χ1n) is 7.30. The van der Waals surface area contributed by atoms with Crippen molar-refractivity contribution >= 4 is 22.3 Å². The molecule has 2 rings (SSSR count). The molecule has 118 valence electrons. The van der Waals surface area contributed by atoms with E-state index in [0.717, 1.165) is 25.9 Å². The van der Waals surface area contributed by atoms with Crippen molar-refractivity contribution in [1.29, 1.82) is 0 Å². The molecule has 1 aliphatic rings. The highest BCUT2D eigenvalue weighted by Crippen LogP contribution is 2.24. The Bertz CT molecular complexity index is 428. The van der Waals surface area contributed by atoms with Crippen molar-refractivity contribution in [3.63, 3.8) is 0 Å². The van der Waals surface area contributed by atoms with E-state index in [4.69, 9.17) is 0 Å². The Morgan fingerprint density at radius 2 is 2.24 bits per heavy atom. The third-order valence-corrected chi connectivity index (χ3v) is 4.31. The first kappa shape index (κ1) is 16.0. The molecule has 1 aliphatic heterocycles. The van der Waals surface area contributed by atoms with Crippen LogP contribution < -0.4 is 15.5 Å². The first-order chi connectivity index (χ1) is 10.2. The van der Waals surface area contributed by atoms with Gasteiger partial charge in [0.2, 0.25) is 0 Å². The number of aliphatic imine (C=N–C) groups is 1. The second-order valence-electron chi connectivity index (χ2n) is 4.97. The Kier molecular flexibility index (Phi) is 6.22. The number of hydrogen-bond donors (Lipinski definition) is 2. The van der Waals surface area contributed by atoms with Crippen LogP contribution in [0.3, 0.4) is 0 Å². The van der Waals surface area contributed by atoms with E-state index in [2.05, 4.69) is 38.0 Å². The van der Waals surface area contributed by atoms with Crippen molar-refractivity contribution in [3.8, 4) is 0 Å². The van der Waals surface area contributed by atoms with Gasteiger partial charge in [-0.05, 0) is 37.3 Å². The van der Waals surface area contributed by atoms with Gasteiger partial charge in [0.15, 0.2) is 5.96 Å². The first-order valence-corrected chi connectivity index (χ1v) is 8.18. The third kappa shape index (κ3) is 5.15. The molecule has 2 N–H and O–H groups in total. The molecule has 0 spiro atoms. The predicted molar refractivity (Wildman–Crippen MR) is 84.7 cm³/mol. The Balaban J connectivity index is 1.82. The number of nitrogens with zero attached hydrogens (tertiary/aromatic N) is 2. The number of rotatable bonds is 5. The third-order valence-electron chi connectivity index (χ3n) is 3.39. The lowest BCUT2D eigenvalue weighted by molar-refractivity contribution is 0.158. The number of nitrogens with one attached hydrogen (secondary N) is 2. The van der Waals surface area contributed by atoms with E-state index in [0.29, 0.717) is 12.5 Å². The average Bonchev–Trinajstić information content (AvgIpc) is 3.00. The van der Waals surface area contributed by atoms with E-state index in [-0.39, 0.29) is 6.04 Å². The fourth-order valence-corrected chi connectivity index (χ4v) is 3.15. The number of hydrogen-bond acceptors (Lipinski definition) is 3. The normalized spacial score (nSPS) is 17.3.